The van der Waals surface area contributed by atoms with Gasteiger partial charge in [0.15, 0.2) is 0 Å². The lowest BCUT2D eigenvalue weighted by molar-refractivity contribution is -0.138. The summed E-state index contributed by atoms with van der Waals surface area (Å²) in [4.78, 5) is 29.2. The Bertz CT molecular complexity index is 434. The van der Waals surface area contributed by atoms with Gasteiger partial charge in [-0.3, -0.25) is 14.5 Å². The van der Waals surface area contributed by atoms with Crippen LogP contribution >= 0.6 is 0 Å². The Morgan fingerprint density at radius 1 is 0.957 bits per heavy atom. The maximum absolute atomic E-state index is 12.8. The minimum absolute atomic E-state index is 0.0226. The third-order valence-electron chi connectivity index (χ3n) is 5.55. The van der Waals surface area contributed by atoms with Gasteiger partial charge in [-0.05, 0) is 31.6 Å². The second-order valence-corrected chi connectivity index (χ2v) is 7.79. The molecule has 0 radical (unpaired) electrons. The first-order valence-electron chi connectivity index (χ1n) is 9.39. The lowest BCUT2D eigenvalue weighted by Gasteiger charge is -2.41. The molecule has 23 heavy (non-hydrogen) atoms. The fourth-order valence-electron chi connectivity index (χ4n) is 4.05. The van der Waals surface area contributed by atoms with E-state index in [2.05, 4.69) is 10.2 Å². The molecule has 0 aromatic heterocycles. The molecule has 1 N–H and O–H groups in total. The van der Waals surface area contributed by atoms with Gasteiger partial charge in [-0.25, -0.2) is 0 Å². The van der Waals surface area contributed by atoms with E-state index in [1.807, 2.05) is 18.7 Å². The molecular formula is C18H31N3O2. The van der Waals surface area contributed by atoms with Crippen LogP contribution in [0, 0.1) is 11.8 Å². The molecule has 1 saturated heterocycles. The second kappa shape index (κ2) is 7.20. The zero-order chi connectivity index (χ0) is 16.4. The van der Waals surface area contributed by atoms with Crippen LogP contribution in [0.5, 0.6) is 0 Å². The highest BCUT2D eigenvalue weighted by Gasteiger charge is 2.39. The molecule has 1 unspecified atom stereocenters. The van der Waals surface area contributed by atoms with Crippen LogP contribution in [0.15, 0.2) is 0 Å². The number of hydrogen-bond donors (Lipinski definition) is 1. The average Bonchev–Trinajstić information content (AvgIpc) is 3.19. The summed E-state index contributed by atoms with van der Waals surface area (Å²) in [5, 5.41) is 3.22. The van der Waals surface area contributed by atoms with E-state index in [1.165, 1.54) is 25.7 Å². The van der Waals surface area contributed by atoms with Gasteiger partial charge < -0.3 is 10.2 Å². The maximum atomic E-state index is 12.8. The van der Waals surface area contributed by atoms with E-state index in [0.29, 0.717) is 12.0 Å². The number of rotatable bonds is 5. The number of carbonyl (C=O) groups is 2. The van der Waals surface area contributed by atoms with Gasteiger partial charge in [-0.2, -0.15) is 0 Å². The Labute approximate surface area is 139 Å². The Balaban J connectivity index is 1.61. The van der Waals surface area contributed by atoms with Crippen molar-refractivity contribution in [1.29, 1.82) is 0 Å². The molecule has 1 heterocycles. The lowest BCUT2D eigenvalue weighted by atomic mass is 9.95. The van der Waals surface area contributed by atoms with Crippen molar-refractivity contribution in [2.24, 2.45) is 11.8 Å². The summed E-state index contributed by atoms with van der Waals surface area (Å²) in [7, 11) is 0. The quantitative estimate of drug-likeness (QED) is 0.837. The van der Waals surface area contributed by atoms with E-state index < -0.39 is 0 Å². The highest BCUT2D eigenvalue weighted by atomic mass is 16.2. The molecule has 3 aliphatic rings. The summed E-state index contributed by atoms with van der Waals surface area (Å²) in [5.41, 5.74) is 0. The SMILES string of the molecule is CC(C)C(=O)N1CCN(C(C(=O)NC2CC2)C2CCCC2)CC1. The normalized spacial score (nSPS) is 24.9. The minimum Gasteiger partial charge on any atom is -0.352 e. The van der Waals surface area contributed by atoms with Crippen molar-refractivity contribution < 1.29 is 9.59 Å². The standard InChI is InChI=1S/C18H31N3O2/c1-13(2)18(23)21-11-9-20(10-12-21)16(14-5-3-4-6-14)17(22)19-15-7-8-15/h13-16H,3-12H2,1-2H3,(H,19,22). The second-order valence-electron chi connectivity index (χ2n) is 7.79. The van der Waals surface area contributed by atoms with Crippen LogP contribution in [-0.2, 0) is 9.59 Å². The molecule has 3 fully saturated rings. The molecule has 0 aromatic rings. The van der Waals surface area contributed by atoms with Crippen LogP contribution < -0.4 is 5.32 Å². The van der Waals surface area contributed by atoms with Gasteiger partial charge in [-0.1, -0.05) is 26.7 Å². The van der Waals surface area contributed by atoms with Crippen molar-refractivity contribution in [3.8, 4) is 0 Å². The molecule has 0 spiro atoms. The molecular weight excluding hydrogens is 290 g/mol. The third kappa shape index (κ3) is 4.06. The number of piperazine rings is 1. The van der Waals surface area contributed by atoms with Crippen molar-refractivity contribution in [2.75, 3.05) is 26.2 Å². The van der Waals surface area contributed by atoms with Crippen molar-refractivity contribution in [1.82, 2.24) is 15.1 Å². The van der Waals surface area contributed by atoms with Crippen LogP contribution in [0.2, 0.25) is 0 Å². The summed E-state index contributed by atoms with van der Waals surface area (Å²) in [6.07, 6.45) is 7.13. The van der Waals surface area contributed by atoms with Crippen molar-refractivity contribution >= 4 is 11.8 Å². The molecule has 130 valence electrons. The molecule has 2 amide bonds. The molecule has 1 aliphatic heterocycles. The monoisotopic (exact) mass is 321 g/mol. The predicted molar refractivity (Wildman–Crippen MR) is 89.9 cm³/mol. The molecule has 5 nitrogen and oxygen atoms in total. The van der Waals surface area contributed by atoms with Crippen molar-refractivity contribution in [2.45, 2.75) is 64.5 Å². The number of nitrogens with zero attached hydrogens (tertiary/aromatic N) is 2. The van der Waals surface area contributed by atoms with Crippen molar-refractivity contribution in [3.63, 3.8) is 0 Å². The number of nitrogens with one attached hydrogen (secondary N) is 1. The molecule has 2 saturated carbocycles. The first-order chi connectivity index (χ1) is 11.1. The summed E-state index contributed by atoms with van der Waals surface area (Å²) in [5.74, 6) is 1.04. The highest BCUT2D eigenvalue weighted by Crippen LogP contribution is 2.32. The fourth-order valence-corrected chi connectivity index (χ4v) is 4.05. The van der Waals surface area contributed by atoms with Gasteiger partial charge in [0, 0.05) is 38.1 Å². The van der Waals surface area contributed by atoms with Crippen LogP contribution in [0.3, 0.4) is 0 Å². The zero-order valence-corrected chi connectivity index (χ0v) is 14.6. The Morgan fingerprint density at radius 2 is 1.57 bits per heavy atom. The smallest absolute Gasteiger partial charge is 0.237 e. The number of amides is 2. The maximum Gasteiger partial charge on any atom is 0.237 e. The van der Waals surface area contributed by atoms with Crippen molar-refractivity contribution in [3.05, 3.63) is 0 Å². The molecule has 0 bridgehead atoms. The van der Waals surface area contributed by atoms with Crippen LogP contribution in [-0.4, -0.2) is 59.9 Å². The largest absolute Gasteiger partial charge is 0.352 e. The zero-order valence-electron chi connectivity index (χ0n) is 14.6. The Hall–Kier alpha value is -1.10. The van der Waals surface area contributed by atoms with E-state index in [4.69, 9.17) is 0 Å². The van der Waals surface area contributed by atoms with Gasteiger partial charge in [0.25, 0.3) is 0 Å². The summed E-state index contributed by atoms with van der Waals surface area (Å²) in [6.45, 7) is 7.10. The molecule has 0 aromatic carbocycles. The lowest BCUT2D eigenvalue weighted by Crippen LogP contribution is -2.58. The minimum atomic E-state index is 0.0226. The fraction of sp³-hybridized carbons (Fsp3) is 0.889. The molecule has 3 rings (SSSR count). The average molecular weight is 321 g/mol. The first-order valence-corrected chi connectivity index (χ1v) is 9.39. The van der Waals surface area contributed by atoms with Gasteiger partial charge in [0.05, 0.1) is 6.04 Å². The molecule has 5 heteroatoms. The van der Waals surface area contributed by atoms with E-state index >= 15 is 0 Å². The van der Waals surface area contributed by atoms with Crippen LogP contribution in [0.4, 0.5) is 0 Å². The summed E-state index contributed by atoms with van der Waals surface area (Å²) in [6, 6.07) is 0.449. The Kier molecular flexibility index (Phi) is 5.24. The summed E-state index contributed by atoms with van der Waals surface area (Å²) >= 11 is 0. The van der Waals surface area contributed by atoms with Gasteiger partial charge >= 0.3 is 0 Å². The van der Waals surface area contributed by atoms with E-state index in [9.17, 15) is 9.59 Å². The molecule has 2 aliphatic carbocycles. The topological polar surface area (TPSA) is 52.7 Å². The first kappa shape index (κ1) is 16.7. The van der Waals surface area contributed by atoms with E-state index in [1.54, 1.807) is 0 Å². The highest BCUT2D eigenvalue weighted by molar-refractivity contribution is 5.83. The predicted octanol–water partition coefficient (Wildman–Crippen LogP) is 1.62. The summed E-state index contributed by atoms with van der Waals surface area (Å²) < 4.78 is 0. The number of hydrogen-bond acceptors (Lipinski definition) is 3. The van der Waals surface area contributed by atoms with Gasteiger partial charge in [0.2, 0.25) is 11.8 Å². The van der Waals surface area contributed by atoms with Gasteiger partial charge in [0.1, 0.15) is 0 Å². The van der Waals surface area contributed by atoms with Crippen LogP contribution in [0.1, 0.15) is 52.4 Å². The van der Waals surface area contributed by atoms with Gasteiger partial charge in [-0.15, -0.1) is 0 Å². The van der Waals surface area contributed by atoms with E-state index in [0.717, 1.165) is 39.0 Å². The Morgan fingerprint density at radius 3 is 2.09 bits per heavy atom. The van der Waals surface area contributed by atoms with Crippen LogP contribution in [0.25, 0.3) is 0 Å². The molecule has 1 atom stereocenters. The number of carbonyl (C=O) groups excluding carboxylic acids is 2. The van der Waals surface area contributed by atoms with E-state index in [-0.39, 0.29) is 23.8 Å². The third-order valence-corrected chi connectivity index (χ3v) is 5.55.